The largest absolute Gasteiger partial charge is 0.437 e. The fourth-order valence-electron chi connectivity index (χ4n) is 1.80. The predicted molar refractivity (Wildman–Crippen MR) is 80.0 cm³/mol. The number of aromatic nitrogens is 3. The Hall–Kier alpha value is -2.08. The van der Waals surface area contributed by atoms with Crippen molar-refractivity contribution in [1.29, 1.82) is 0 Å². The van der Waals surface area contributed by atoms with Crippen molar-refractivity contribution in [3.05, 3.63) is 47.7 Å². The predicted octanol–water partition coefficient (Wildman–Crippen LogP) is 4.19. The molecular weight excluding hydrogens is 286 g/mol. The molecule has 3 aromatic rings. The molecule has 0 fully saturated rings. The Morgan fingerprint density at radius 3 is 2.52 bits per heavy atom. The van der Waals surface area contributed by atoms with Crippen molar-refractivity contribution in [2.24, 2.45) is 0 Å². The minimum Gasteiger partial charge on any atom is -0.437 e. The van der Waals surface area contributed by atoms with Gasteiger partial charge in [0.15, 0.2) is 0 Å². The van der Waals surface area contributed by atoms with Crippen LogP contribution in [0.1, 0.15) is 29.5 Å². The summed E-state index contributed by atoms with van der Waals surface area (Å²) < 4.78 is 10.9. The molecule has 2 aromatic heterocycles. The Kier molecular flexibility index (Phi) is 3.79. The number of hydrogen-bond acceptors (Lipinski definition) is 6. The van der Waals surface area contributed by atoms with E-state index >= 15 is 0 Å². The lowest BCUT2D eigenvalue weighted by Crippen LogP contribution is -1.89. The van der Waals surface area contributed by atoms with Crippen LogP contribution < -0.4 is 0 Å². The molecule has 3 rings (SSSR count). The highest BCUT2D eigenvalue weighted by atomic mass is 32.2. The summed E-state index contributed by atoms with van der Waals surface area (Å²) in [6, 6.07) is 9.75. The van der Waals surface area contributed by atoms with Gasteiger partial charge in [0.05, 0.1) is 10.9 Å². The van der Waals surface area contributed by atoms with Gasteiger partial charge in [-0.1, -0.05) is 47.3 Å². The summed E-state index contributed by atoms with van der Waals surface area (Å²) in [5.41, 5.74) is 1.84. The highest BCUT2D eigenvalue weighted by Gasteiger charge is 2.19. The summed E-state index contributed by atoms with van der Waals surface area (Å²) in [5.74, 6) is 1.99. The van der Waals surface area contributed by atoms with Crippen molar-refractivity contribution in [1.82, 2.24) is 15.1 Å². The maximum absolute atomic E-state index is 5.56. The van der Waals surface area contributed by atoms with Crippen LogP contribution in [0.5, 0.6) is 0 Å². The summed E-state index contributed by atoms with van der Waals surface area (Å²) in [6.07, 6.45) is 0. The molecule has 0 aliphatic heterocycles. The first-order chi connectivity index (χ1) is 10.1. The number of thioether (sulfide) groups is 1. The normalized spacial score (nSPS) is 12.5. The van der Waals surface area contributed by atoms with Gasteiger partial charge in [0.25, 0.3) is 5.22 Å². The number of aryl methyl sites for hydroxylation is 2. The summed E-state index contributed by atoms with van der Waals surface area (Å²) in [5, 5.41) is 4.62. The topological polar surface area (TPSA) is 65.0 Å². The van der Waals surface area contributed by atoms with Crippen LogP contribution in [-0.4, -0.2) is 15.1 Å². The minimum absolute atomic E-state index is 0.0209. The molecule has 21 heavy (non-hydrogen) atoms. The van der Waals surface area contributed by atoms with Gasteiger partial charge in [-0.15, -0.1) is 0 Å². The van der Waals surface area contributed by atoms with E-state index in [-0.39, 0.29) is 5.25 Å². The third-order valence-corrected chi connectivity index (χ3v) is 4.04. The number of hydrogen-bond donors (Lipinski definition) is 0. The summed E-state index contributed by atoms with van der Waals surface area (Å²) in [7, 11) is 0. The van der Waals surface area contributed by atoms with Crippen molar-refractivity contribution in [3.63, 3.8) is 0 Å². The zero-order valence-electron chi connectivity index (χ0n) is 12.0. The smallest absolute Gasteiger partial charge is 0.256 e. The van der Waals surface area contributed by atoms with Crippen molar-refractivity contribution in [2.75, 3.05) is 0 Å². The van der Waals surface area contributed by atoms with Gasteiger partial charge in [-0.25, -0.2) is 4.98 Å². The molecule has 0 aliphatic rings. The first-order valence-electron chi connectivity index (χ1n) is 6.63. The van der Waals surface area contributed by atoms with Crippen LogP contribution in [-0.2, 0) is 0 Å². The quantitative estimate of drug-likeness (QED) is 0.673. The molecule has 0 bridgehead atoms. The lowest BCUT2D eigenvalue weighted by molar-refractivity contribution is 0.379. The Bertz CT molecular complexity index is 717. The second kappa shape index (κ2) is 5.73. The van der Waals surface area contributed by atoms with Crippen molar-refractivity contribution < 1.29 is 8.94 Å². The van der Waals surface area contributed by atoms with E-state index in [1.807, 2.05) is 51.1 Å². The SMILES string of the molecule is Cc1nc(SC(C)c2nc(-c3ccccc3)no2)oc1C. The molecule has 0 saturated heterocycles. The fourth-order valence-corrected chi connectivity index (χ4v) is 2.66. The van der Waals surface area contributed by atoms with Gasteiger partial charge in [0.2, 0.25) is 11.7 Å². The number of oxazole rings is 1. The maximum atomic E-state index is 5.56. The zero-order chi connectivity index (χ0) is 14.8. The van der Waals surface area contributed by atoms with Crippen LogP contribution in [0.4, 0.5) is 0 Å². The lowest BCUT2D eigenvalue weighted by Gasteiger charge is -2.01. The van der Waals surface area contributed by atoms with Gasteiger partial charge in [0, 0.05) is 5.56 Å². The van der Waals surface area contributed by atoms with Crippen LogP contribution in [0, 0.1) is 13.8 Å². The van der Waals surface area contributed by atoms with Crippen LogP contribution in [0.3, 0.4) is 0 Å². The fraction of sp³-hybridized carbons (Fsp3) is 0.267. The molecule has 1 atom stereocenters. The summed E-state index contributed by atoms with van der Waals surface area (Å²) in [6.45, 7) is 5.81. The molecule has 1 unspecified atom stereocenters. The third-order valence-electron chi connectivity index (χ3n) is 3.11. The Balaban J connectivity index is 1.76. The van der Waals surface area contributed by atoms with Gasteiger partial charge in [0.1, 0.15) is 5.76 Å². The van der Waals surface area contributed by atoms with E-state index in [1.165, 1.54) is 11.8 Å². The molecule has 0 amide bonds. The summed E-state index contributed by atoms with van der Waals surface area (Å²) in [4.78, 5) is 8.78. The van der Waals surface area contributed by atoms with Gasteiger partial charge in [-0.3, -0.25) is 0 Å². The van der Waals surface area contributed by atoms with E-state index < -0.39 is 0 Å². The Morgan fingerprint density at radius 1 is 1.10 bits per heavy atom. The lowest BCUT2D eigenvalue weighted by atomic mass is 10.2. The van der Waals surface area contributed by atoms with Gasteiger partial charge >= 0.3 is 0 Å². The highest BCUT2D eigenvalue weighted by Crippen LogP contribution is 2.34. The van der Waals surface area contributed by atoms with E-state index in [2.05, 4.69) is 15.1 Å². The first kappa shape index (κ1) is 13.9. The van der Waals surface area contributed by atoms with Crippen LogP contribution in [0.15, 0.2) is 44.5 Å². The van der Waals surface area contributed by atoms with Crippen molar-refractivity contribution in [2.45, 2.75) is 31.2 Å². The average Bonchev–Trinajstić information content (AvgIpc) is 3.08. The maximum Gasteiger partial charge on any atom is 0.256 e. The van der Waals surface area contributed by atoms with Crippen LogP contribution in [0.2, 0.25) is 0 Å². The molecule has 0 saturated carbocycles. The van der Waals surface area contributed by atoms with Crippen LogP contribution >= 0.6 is 11.8 Å². The average molecular weight is 301 g/mol. The van der Waals surface area contributed by atoms with Crippen LogP contribution in [0.25, 0.3) is 11.4 Å². The third kappa shape index (κ3) is 3.00. The van der Waals surface area contributed by atoms with E-state index in [9.17, 15) is 0 Å². The Morgan fingerprint density at radius 2 is 1.86 bits per heavy atom. The molecule has 0 N–H and O–H groups in total. The molecule has 6 heteroatoms. The Labute approximate surface area is 126 Å². The molecule has 0 radical (unpaired) electrons. The van der Waals surface area contributed by atoms with E-state index in [4.69, 9.17) is 8.94 Å². The molecule has 2 heterocycles. The van der Waals surface area contributed by atoms with Crippen molar-refractivity contribution in [3.8, 4) is 11.4 Å². The first-order valence-corrected chi connectivity index (χ1v) is 7.51. The van der Waals surface area contributed by atoms with E-state index in [0.29, 0.717) is 16.9 Å². The zero-order valence-corrected chi connectivity index (χ0v) is 12.8. The molecule has 0 spiro atoms. The number of rotatable bonds is 4. The van der Waals surface area contributed by atoms with Gasteiger partial charge in [-0.05, 0) is 20.8 Å². The minimum atomic E-state index is -0.0209. The molecule has 108 valence electrons. The summed E-state index contributed by atoms with van der Waals surface area (Å²) >= 11 is 1.47. The van der Waals surface area contributed by atoms with Gasteiger partial charge < -0.3 is 8.94 Å². The molecule has 1 aromatic carbocycles. The standard InChI is InChI=1S/C15H15N3O2S/c1-9-10(2)19-15(16-9)21-11(3)14-17-13(18-20-14)12-7-5-4-6-8-12/h4-8,11H,1-3H3. The molecule has 5 nitrogen and oxygen atoms in total. The van der Waals surface area contributed by atoms with Gasteiger partial charge in [-0.2, -0.15) is 4.98 Å². The monoisotopic (exact) mass is 301 g/mol. The second-order valence-electron chi connectivity index (χ2n) is 4.70. The highest BCUT2D eigenvalue weighted by molar-refractivity contribution is 7.99. The molecule has 0 aliphatic carbocycles. The van der Waals surface area contributed by atoms with E-state index in [0.717, 1.165) is 17.0 Å². The number of benzene rings is 1. The second-order valence-corrected chi connectivity index (χ2v) is 6.00. The van der Waals surface area contributed by atoms with E-state index in [1.54, 1.807) is 0 Å². The number of nitrogens with zero attached hydrogens (tertiary/aromatic N) is 3. The molecular formula is C15H15N3O2S. The van der Waals surface area contributed by atoms with Crippen molar-refractivity contribution >= 4 is 11.8 Å².